The molecule has 2 amide bonds. The van der Waals surface area contributed by atoms with Crippen molar-refractivity contribution in [3.63, 3.8) is 0 Å². The van der Waals surface area contributed by atoms with Crippen LogP contribution in [-0.2, 0) is 11.2 Å². The van der Waals surface area contributed by atoms with Crippen molar-refractivity contribution in [2.75, 3.05) is 26.2 Å². The summed E-state index contributed by atoms with van der Waals surface area (Å²) in [6, 6.07) is 17.2. The number of halogens is 1. The SMILES string of the molecule is CC(C)(Oc1ccccc1[N+](=O)[O-])C(=O)N1CCN(C(=O)c2cc(Cc3n[nH]c(=O)c4ccccc34)ccc2F)CC1. The Labute approximate surface area is 239 Å². The number of fused-ring (bicyclic) bond motifs is 1. The van der Waals surface area contributed by atoms with Gasteiger partial charge in [0.15, 0.2) is 11.4 Å². The molecule has 1 fully saturated rings. The van der Waals surface area contributed by atoms with Crippen LogP contribution in [0.2, 0.25) is 0 Å². The molecule has 0 unspecified atom stereocenters. The predicted octanol–water partition coefficient (Wildman–Crippen LogP) is 3.70. The highest BCUT2D eigenvalue weighted by molar-refractivity contribution is 5.95. The lowest BCUT2D eigenvalue weighted by molar-refractivity contribution is -0.386. The Bertz CT molecular complexity index is 1750. The van der Waals surface area contributed by atoms with Gasteiger partial charge >= 0.3 is 5.69 Å². The van der Waals surface area contributed by atoms with Gasteiger partial charge in [0.25, 0.3) is 17.4 Å². The van der Waals surface area contributed by atoms with Crippen LogP contribution in [0.1, 0.15) is 35.5 Å². The van der Waals surface area contributed by atoms with Crippen molar-refractivity contribution >= 4 is 28.3 Å². The number of amides is 2. The number of nitrogens with one attached hydrogen (secondary N) is 1. The summed E-state index contributed by atoms with van der Waals surface area (Å²) < 4.78 is 20.6. The Kier molecular flexibility index (Phi) is 7.70. The van der Waals surface area contributed by atoms with Gasteiger partial charge in [0.2, 0.25) is 0 Å². The van der Waals surface area contributed by atoms with Crippen LogP contribution in [0.4, 0.5) is 10.1 Å². The molecule has 12 heteroatoms. The number of nitrogens with zero attached hydrogens (tertiary/aromatic N) is 4. The highest BCUT2D eigenvalue weighted by atomic mass is 19.1. The second kappa shape index (κ2) is 11.4. The number of benzene rings is 3. The first-order valence-corrected chi connectivity index (χ1v) is 13.3. The Morgan fingerprint density at radius 1 is 1.00 bits per heavy atom. The third-order valence-corrected chi connectivity index (χ3v) is 7.20. The first kappa shape index (κ1) is 28.4. The molecule has 0 bridgehead atoms. The van der Waals surface area contributed by atoms with E-state index in [1.54, 1.807) is 36.4 Å². The van der Waals surface area contributed by atoms with Gasteiger partial charge < -0.3 is 14.5 Å². The average molecular weight is 574 g/mol. The van der Waals surface area contributed by atoms with E-state index < -0.39 is 22.2 Å². The summed E-state index contributed by atoms with van der Waals surface area (Å²) in [6.07, 6.45) is 0.273. The Hall–Kier alpha value is -5.13. The van der Waals surface area contributed by atoms with E-state index >= 15 is 0 Å². The third-order valence-electron chi connectivity index (χ3n) is 7.20. The molecular weight excluding hydrogens is 545 g/mol. The van der Waals surface area contributed by atoms with Crippen LogP contribution in [0, 0.1) is 15.9 Å². The van der Waals surface area contributed by atoms with Gasteiger partial charge in [0.1, 0.15) is 5.82 Å². The quantitative estimate of drug-likeness (QED) is 0.263. The maximum absolute atomic E-state index is 14.8. The average Bonchev–Trinajstić information content (AvgIpc) is 2.99. The molecule has 4 aromatic rings. The highest BCUT2D eigenvalue weighted by Gasteiger charge is 2.38. The predicted molar refractivity (Wildman–Crippen MR) is 152 cm³/mol. The van der Waals surface area contributed by atoms with E-state index in [1.165, 1.54) is 54.0 Å². The van der Waals surface area contributed by atoms with Crippen molar-refractivity contribution in [3.8, 4) is 5.75 Å². The number of carbonyl (C=O) groups is 2. The number of hydrogen-bond acceptors (Lipinski definition) is 7. The number of para-hydroxylation sites is 2. The number of ether oxygens (including phenoxy) is 1. The van der Waals surface area contributed by atoms with E-state index in [1.807, 2.05) is 0 Å². The fourth-order valence-electron chi connectivity index (χ4n) is 5.02. The maximum atomic E-state index is 14.8. The van der Waals surface area contributed by atoms with Crippen molar-refractivity contribution in [1.29, 1.82) is 0 Å². The molecule has 0 spiro atoms. The fourth-order valence-corrected chi connectivity index (χ4v) is 5.02. The van der Waals surface area contributed by atoms with E-state index in [4.69, 9.17) is 4.74 Å². The van der Waals surface area contributed by atoms with E-state index in [0.717, 1.165) is 0 Å². The number of rotatable bonds is 7. The van der Waals surface area contributed by atoms with Crippen molar-refractivity contribution in [1.82, 2.24) is 20.0 Å². The topological polar surface area (TPSA) is 139 Å². The fraction of sp³-hybridized carbons (Fsp3) is 0.267. The molecule has 1 aliphatic heterocycles. The van der Waals surface area contributed by atoms with Gasteiger partial charge in [-0.05, 0) is 43.7 Å². The van der Waals surface area contributed by atoms with E-state index in [0.29, 0.717) is 22.0 Å². The molecule has 1 N–H and O–H groups in total. The summed E-state index contributed by atoms with van der Waals surface area (Å²) in [4.78, 5) is 52.5. The first-order chi connectivity index (χ1) is 20.0. The molecule has 0 radical (unpaired) electrons. The van der Waals surface area contributed by atoms with E-state index in [9.17, 15) is 28.9 Å². The van der Waals surface area contributed by atoms with Gasteiger partial charge in [-0.3, -0.25) is 24.5 Å². The standard InChI is InChI=1S/C30H28FN5O6/c1-30(2,42-26-10-6-5-9-25(26)36(40)41)29(39)35-15-13-34(14-16-35)28(38)22-17-19(11-12-23(22)31)18-24-20-7-3-4-8-21(20)27(37)33-32-24/h3-12,17H,13-16,18H2,1-2H3,(H,33,37). The van der Waals surface area contributed by atoms with Crippen molar-refractivity contribution < 1.29 is 23.6 Å². The number of carbonyl (C=O) groups excluding carboxylic acids is 2. The lowest BCUT2D eigenvalue weighted by Crippen LogP contribution is -2.56. The van der Waals surface area contributed by atoms with Crippen LogP contribution >= 0.6 is 0 Å². The van der Waals surface area contributed by atoms with Crippen molar-refractivity contribution in [3.05, 3.63) is 110 Å². The summed E-state index contributed by atoms with van der Waals surface area (Å²) in [7, 11) is 0. The summed E-state index contributed by atoms with van der Waals surface area (Å²) >= 11 is 0. The minimum atomic E-state index is -1.40. The molecule has 5 rings (SSSR count). The molecule has 42 heavy (non-hydrogen) atoms. The number of nitro groups is 1. The van der Waals surface area contributed by atoms with Gasteiger partial charge in [-0.1, -0.05) is 36.4 Å². The molecule has 1 aromatic heterocycles. The zero-order valence-corrected chi connectivity index (χ0v) is 23.0. The van der Waals surface area contributed by atoms with Crippen LogP contribution in [0.3, 0.4) is 0 Å². The second-order valence-electron chi connectivity index (χ2n) is 10.5. The number of nitro benzene ring substituents is 1. The number of aromatic nitrogens is 2. The minimum Gasteiger partial charge on any atom is -0.471 e. The van der Waals surface area contributed by atoms with Crippen LogP contribution in [-0.4, -0.2) is 68.5 Å². The lowest BCUT2D eigenvalue weighted by atomic mass is 10.0. The smallest absolute Gasteiger partial charge is 0.310 e. The first-order valence-electron chi connectivity index (χ1n) is 13.3. The summed E-state index contributed by atoms with van der Waals surface area (Å²) in [5.74, 6) is -1.58. The zero-order chi connectivity index (χ0) is 30.0. The third kappa shape index (κ3) is 5.69. The summed E-state index contributed by atoms with van der Waals surface area (Å²) in [6.45, 7) is 3.77. The molecule has 0 atom stereocenters. The largest absolute Gasteiger partial charge is 0.471 e. The molecule has 0 aliphatic carbocycles. The van der Waals surface area contributed by atoms with Crippen LogP contribution < -0.4 is 10.3 Å². The molecular formula is C30H28FN5O6. The number of aromatic amines is 1. The maximum Gasteiger partial charge on any atom is 0.310 e. The Balaban J connectivity index is 1.26. The molecule has 1 aliphatic rings. The molecule has 0 saturated carbocycles. The minimum absolute atomic E-state index is 0.0184. The van der Waals surface area contributed by atoms with Gasteiger partial charge in [0.05, 0.1) is 21.6 Å². The number of hydrogen-bond donors (Lipinski definition) is 1. The molecule has 1 saturated heterocycles. The van der Waals surface area contributed by atoms with Crippen molar-refractivity contribution in [2.45, 2.75) is 25.9 Å². The molecule has 2 heterocycles. The van der Waals surface area contributed by atoms with Gasteiger partial charge in [-0.15, -0.1) is 0 Å². The van der Waals surface area contributed by atoms with E-state index in [2.05, 4.69) is 10.2 Å². The van der Waals surface area contributed by atoms with E-state index in [-0.39, 0.29) is 61.1 Å². The molecule has 216 valence electrons. The summed E-state index contributed by atoms with van der Waals surface area (Å²) in [5.41, 5.74) is -0.819. The van der Waals surface area contributed by atoms with Crippen LogP contribution in [0.15, 0.2) is 71.5 Å². The van der Waals surface area contributed by atoms with Crippen LogP contribution in [0.5, 0.6) is 5.75 Å². The molecule has 3 aromatic carbocycles. The summed E-state index contributed by atoms with van der Waals surface area (Å²) in [5, 5.41) is 19.2. The number of H-pyrrole nitrogens is 1. The van der Waals surface area contributed by atoms with Crippen molar-refractivity contribution in [2.24, 2.45) is 0 Å². The highest BCUT2D eigenvalue weighted by Crippen LogP contribution is 2.30. The number of piperazine rings is 1. The van der Waals surface area contributed by atoms with Crippen LogP contribution in [0.25, 0.3) is 10.8 Å². The lowest BCUT2D eigenvalue weighted by Gasteiger charge is -2.38. The Morgan fingerprint density at radius 3 is 2.36 bits per heavy atom. The molecule has 11 nitrogen and oxygen atoms in total. The monoisotopic (exact) mass is 573 g/mol. The second-order valence-corrected chi connectivity index (χ2v) is 10.5. The van der Waals surface area contributed by atoms with Gasteiger partial charge in [0, 0.05) is 44.1 Å². The van der Waals surface area contributed by atoms with Gasteiger partial charge in [-0.2, -0.15) is 5.10 Å². The zero-order valence-electron chi connectivity index (χ0n) is 23.0. The normalized spacial score (nSPS) is 13.7. The van der Waals surface area contributed by atoms with Gasteiger partial charge in [-0.25, -0.2) is 9.49 Å². The Morgan fingerprint density at radius 2 is 1.64 bits per heavy atom.